The van der Waals surface area contributed by atoms with Crippen LogP contribution in [-0.2, 0) is 4.79 Å². The van der Waals surface area contributed by atoms with Crippen molar-refractivity contribution in [3.05, 3.63) is 0 Å². The van der Waals surface area contributed by atoms with Crippen LogP contribution in [0.2, 0.25) is 0 Å². The lowest BCUT2D eigenvalue weighted by Gasteiger charge is -2.34. The van der Waals surface area contributed by atoms with Crippen LogP contribution in [0.25, 0.3) is 0 Å². The van der Waals surface area contributed by atoms with E-state index in [0.29, 0.717) is 18.5 Å². The van der Waals surface area contributed by atoms with E-state index >= 15 is 0 Å². The molecule has 0 aromatic carbocycles. The largest absolute Gasteiger partial charge is 0.349 e. The zero-order valence-corrected chi connectivity index (χ0v) is 11.7. The summed E-state index contributed by atoms with van der Waals surface area (Å²) in [5, 5.41) is 3.35. The molecule has 0 bridgehead atoms. The molecule has 4 heteroatoms. The van der Waals surface area contributed by atoms with Crippen LogP contribution in [0.5, 0.6) is 0 Å². The van der Waals surface area contributed by atoms with Crippen molar-refractivity contribution in [1.82, 2.24) is 15.1 Å². The van der Waals surface area contributed by atoms with Gasteiger partial charge >= 0.3 is 0 Å². The predicted molar refractivity (Wildman–Crippen MR) is 71.0 cm³/mol. The van der Waals surface area contributed by atoms with Crippen LogP contribution >= 0.6 is 0 Å². The maximum atomic E-state index is 11.5. The summed E-state index contributed by atoms with van der Waals surface area (Å²) < 4.78 is 0. The summed E-state index contributed by atoms with van der Waals surface area (Å²) in [6.07, 6.45) is 5.64. The normalized spacial score (nSPS) is 25.0. The van der Waals surface area contributed by atoms with Crippen molar-refractivity contribution in [3.63, 3.8) is 0 Å². The Morgan fingerprint density at radius 3 is 2.24 bits per heavy atom. The molecular weight excluding hydrogens is 214 g/mol. The third-order valence-electron chi connectivity index (χ3n) is 3.91. The molecule has 0 unspecified atom stereocenters. The first kappa shape index (κ1) is 14.5. The van der Waals surface area contributed by atoms with Crippen molar-refractivity contribution in [2.75, 3.05) is 34.7 Å². The molecule has 1 aliphatic carbocycles. The van der Waals surface area contributed by atoms with E-state index in [1.807, 2.05) is 21.1 Å². The number of carbonyl (C=O) groups excluding carboxylic acids is 1. The molecule has 0 aliphatic heterocycles. The van der Waals surface area contributed by atoms with Crippen molar-refractivity contribution in [3.8, 4) is 0 Å². The molecule has 0 aromatic heterocycles. The van der Waals surface area contributed by atoms with E-state index in [9.17, 15) is 4.79 Å². The van der Waals surface area contributed by atoms with Crippen LogP contribution in [0.4, 0.5) is 0 Å². The number of amides is 1. The minimum Gasteiger partial charge on any atom is -0.349 e. The molecule has 1 rings (SSSR count). The number of nitrogens with one attached hydrogen (secondary N) is 1. The van der Waals surface area contributed by atoms with Crippen LogP contribution in [0.15, 0.2) is 0 Å². The van der Waals surface area contributed by atoms with Gasteiger partial charge in [-0.15, -0.1) is 0 Å². The Bertz CT molecular complexity index is 235. The zero-order valence-electron chi connectivity index (χ0n) is 11.7. The Balaban J connectivity index is 2.24. The van der Waals surface area contributed by atoms with Gasteiger partial charge in [-0.3, -0.25) is 4.79 Å². The topological polar surface area (TPSA) is 35.6 Å². The molecule has 17 heavy (non-hydrogen) atoms. The molecular formula is C13H27N3O. The average molecular weight is 241 g/mol. The standard InChI is InChI=1S/C13H27N3O/c1-14-11-5-7-12(8-6-11)16(4)10-9-13(17)15(2)3/h11-12,14H,5-10H2,1-4H3. The van der Waals surface area contributed by atoms with Gasteiger partial charge in [0, 0.05) is 39.1 Å². The minimum absolute atomic E-state index is 0.223. The maximum Gasteiger partial charge on any atom is 0.223 e. The molecule has 0 saturated heterocycles. The Labute approximate surface area is 105 Å². The number of hydrogen-bond acceptors (Lipinski definition) is 3. The minimum atomic E-state index is 0.223. The van der Waals surface area contributed by atoms with E-state index in [1.54, 1.807) is 4.90 Å². The number of rotatable bonds is 5. The molecule has 0 atom stereocenters. The van der Waals surface area contributed by atoms with Gasteiger partial charge in [0.25, 0.3) is 0 Å². The highest BCUT2D eigenvalue weighted by molar-refractivity contribution is 5.75. The summed E-state index contributed by atoms with van der Waals surface area (Å²) in [5.74, 6) is 0.223. The fraction of sp³-hybridized carbons (Fsp3) is 0.923. The van der Waals surface area contributed by atoms with Gasteiger partial charge in [0.05, 0.1) is 0 Å². The first-order chi connectivity index (χ1) is 8.04. The van der Waals surface area contributed by atoms with Gasteiger partial charge < -0.3 is 15.1 Å². The fourth-order valence-electron chi connectivity index (χ4n) is 2.48. The van der Waals surface area contributed by atoms with Crippen LogP contribution in [0, 0.1) is 0 Å². The molecule has 0 heterocycles. The van der Waals surface area contributed by atoms with Gasteiger partial charge in [0.1, 0.15) is 0 Å². The van der Waals surface area contributed by atoms with E-state index in [1.165, 1.54) is 25.7 Å². The molecule has 4 nitrogen and oxygen atoms in total. The lowest BCUT2D eigenvalue weighted by Crippen LogP contribution is -2.41. The first-order valence-corrected chi connectivity index (χ1v) is 6.62. The molecule has 1 saturated carbocycles. The third-order valence-corrected chi connectivity index (χ3v) is 3.91. The Hall–Kier alpha value is -0.610. The summed E-state index contributed by atoms with van der Waals surface area (Å²) in [5.41, 5.74) is 0. The van der Waals surface area contributed by atoms with E-state index in [4.69, 9.17) is 0 Å². The van der Waals surface area contributed by atoms with E-state index in [-0.39, 0.29) is 5.91 Å². The highest BCUT2D eigenvalue weighted by atomic mass is 16.2. The molecule has 1 N–H and O–H groups in total. The first-order valence-electron chi connectivity index (χ1n) is 6.62. The summed E-state index contributed by atoms with van der Waals surface area (Å²) in [6.45, 7) is 0.881. The number of nitrogens with zero attached hydrogens (tertiary/aromatic N) is 2. The molecule has 1 aliphatic rings. The monoisotopic (exact) mass is 241 g/mol. The summed E-state index contributed by atoms with van der Waals surface area (Å²) in [4.78, 5) is 15.5. The third kappa shape index (κ3) is 4.64. The van der Waals surface area contributed by atoms with Gasteiger partial charge in [-0.1, -0.05) is 0 Å². The fourth-order valence-corrected chi connectivity index (χ4v) is 2.48. The number of hydrogen-bond donors (Lipinski definition) is 1. The van der Waals surface area contributed by atoms with Crippen molar-refractivity contribution >= 4 is 5.91 Å². The van der Waals surface area contributed by atoms with Gasteiger partial charge in [-0.25, -0.2) is 0 Å². The van der Waals surface area contributed by atoms with Gasteiger partial charge in [-0.05, 0) is 39.8 Å². The van der Waals surface area contributed by atoms with E-state index < -0.39 is 0 Å². The molecule has 0 spiro atoms. The van der Waals surface area contributed by atoms with E-state index in [0.717, 1.165) is 6.54 Å². The van der Waals surface area contributed by atoms with Gasteiger partial charge in [-0.2, -0.15) is 0 Å². The Kier molecular flexibility index (Phi) is 5.92. The quantitative estimate of drug-likeness (QED) is 0.778. The second-order valence-electron chi connectivity index (χ2n) is 5.31. The maximum absolute atomic E-state index is 11.5. The van der Waals surface area contributed by atoms with Crippen LogP contribution in [0.1, 0.15) is 32.1 Å². The Morgan fingerprint density at radius 1 is 1.18 bits per heavy atom. The molecule has 0 radical (unpaired) electrons. The molecule has 1 amide bonds. The second-order valence-corrected chi connectivity index (χ2v) is 5.31. The highest BCUT2D eigenvalue weighted by Crippen LogP contribution is 2.22. The molecule has 1 fully saturated rings. The van der Waals surface area contributed by atoms with Gasteiger partial charge in [0.15, 0.2) is 0 Å². The lowest BCUT2D eigenvalue weighted by molar-refractivity contribution is -0.129. The summed E-state index contributed by atoms with van der Waals surface area (Å²) >= 11 is 0. The number of carbonyl (C=O) groups is 1. The van der Waals surface area contributed by atoms with Crippen molar-refractivity contribution in [2.24, 2.45) is 0 Å². The predicted octanol–water partition coefficient (Wildman–Crippen LogP) is 0.927. The van der Waals surface area contributed by atoms with Crippen LogP contribution in [0.3, 0.4) is 0 Å². The smallest absolute Gasteiger partial charge is 0.223 e. The van der Waals surface area contributed by atoms with Crippen molar-refractivity contribution in [2.45, 2.75) is 44.2 Å². The second kappa shape index (κ2) is 6.97. The summed E-state index contributed by atoms with van der Waals surface area (Å²) in [6, 6.07) is 1.36. The van der Waals surface area contributed by atoms with Crippen molar-refractivity contribution in [1.29, 1.82) is 0 Å². The molecule has 0 aromatic rings. The van der Waals surface area contributed by atoms with Crippen LogP contribution in [-0.4, -0.2) is 62.5 Å². The van der Waals surface area contributed by atoms with E-state index in [2.05, 4.69) is 17.3 Å². The Morgan fingerprint density at radius 2 is 1.76 bits per heavy atom. The highest BCUT2D eigenvalue weighted by Gasteiger charge is 2.23. The average Bonchev–Trinajstić information content (AvgIpc) is 2.35. The summed E-state index contributed by atoms with van der Waals surface area (Å²) in [7, 11) is 7.83. The zero-order chi connectivity index (χ0) is 12.8. The van der Waals surface area contributed by atoms with Crippen molar-refractivity contribution < 1.29 is 4.79 Å². The van der Waals surface area contributed by atoms with Gasteiger partial charge in [0.2, 0.25) is 5.91 Å². The SMILES string of the molecule is CNC1CCC(N(C)CCC(=O)N(C)C)CC1. The lowest BCUT2D eigenvalue weighted by atomic mass is 9.90. The molecule has 100 valence electrons. The van der Waals surface area contributed by atoms with Crippen LogP contribution < -0.4 is 5.32 Å².